The highest BCUT2D eigenvalue weighted by Crippen LogP contribution is 2.13. The van der Waals surface area contributed by atoms with Crippen LogP contribution < -0.4 is 11.1 Å². The van der Waals surface area contributed by atoms with Gasteiger partial charge < -0.3 is 11.1 Å². The average molecular weight is 227 g/mol. The highest BCUT2D eigenvalue weighted by molar-refractivity contribution is 6.30. The largest absolute Gasteiger partial charge is 0.327 e. The number of benzene rings is 1. The van der Waals surface area contributed by atoms with Crippen LogP contribution in [0, 0.1) is 0 Å². The van der Waals surface area contributed by atoms with Crippen LogP contribution in [0.25, 0.3) is 0 Å². The SMILES string of the molecule is CCC(N)CC(=O)Nc1ccc(Cl)cc1. The van der Waals surface area contributed by atoms with Crippen molar-refractivity contribution in [3.63, 3.8) is 0 Å². The molecule has 82 valence electrons. The van der Waals surface area contributed by atoms with Crippen LogP contribution in [-0.4, -0.2) is 11.9 Å². The van der Waals surface area contributed by atoms with E-state index in [1.165, 1.54) is 0 Å². The van der Waals surface area contributed by atoms with Gasteiger partial charge in [-0.1, -0.05) is 18.5 Å². The van der Waals surface area contributed by atoms with Crippen molar-refractivity contribution in [3.05, 3.63) is 29.3 Å². The second-order valence-corrected chi connectivity index (χ2v) is 3.86. The topological polar surface area (TPSA) is 55.1 Å². The molecule has 0 saturated carbocycles. The van der Waals surface area contributed by atoms with E-state index in [2.05, 4.69) is 5.32 Å². The second-order valence-electron chi connectivity index (χ2n) is 3.43. The Morgan fingerprint density at radius 3 is 2.60 bits per heavy atom. The molecule has 4 heteroatoms. The molecule has 1 rings (SSSR count). The Morgan fingerprint density at radius 1 is 1.47 bits per heavy atom. The Hall–Kier alpha value is -1.06. The lowest BCUT2D eigenvalue weighted by Gasteiger charge is -2.09. The zero-order valence-corrected chi connectivity index (χ0v) is 9.42. The number of amides is 1. The number of anilines is 1. The van der Waals surface area contributed by atoms with Crippen LogP contribution in [0.3, 0.4) is 0 Å². The summed E-state index contributed by atoms with van der Waals surface area (Å²) in [4.78, 5) is 11.4. The first-order valence-electron chi connectivity index (χ1n) is 4.92. The standard InChI is InChI=1S/C11H15ClN2O/c1-2-9(13)7-11(15)14-10-5-3-8(12)4-6-10/h3-6,9H,2,7,13H2,1H3,(H,14,15). The molecule has 0 aliphatic carbocycles. The molecule has 0 heterocycles. The van der Waals surface area contributed by atoms with E-state index in [0.717, 1.165) is 12.1 Å². The molecule has 1 unspecified atom stereocenters. The molecule has 0 bridgehead atoms. The molecular weight excluding hydrogens is 212 g/mol. The van der Waals surface area contributed by atoms with Gasteiger partial charge in [0.15, 0.2) is 0 Å². The minimum Gasteiger partial charge on any atom is -0.327 e. The van der Waals surface area contributed by atoms with Crippen molar-refractivity contribution in [1.29, 1.82) is 0 Å². The van der Waals surface area contributed by atoms with E-state index >= 15 is 0 Å². The van der Waals surface area contributed by atoms with Crippen LogP contribution in [-0.2, 0) is 4.79 Å². The van der Waals surface area contributed by atoms with Gasteiger partial charge in [-0.3, -0.25) is 4.79 Å². The van der Waals surface area contributed by atoms with Crippen molar-refractivity contribution >= 4 is 23.2 Å². The predicted molar refractivity (Wildman–Crippen MR) is 63.0 cm³/mol. The van der Waals surface area contributed by atoms with Gasteiger partial charge in [-0.2, -0.15) is 0 Å². The molecule has 0 fully saturated rings. The zero-order chi connectivity index (χ0) is 11.3. The number of hydrogen-bond donors (Lipinski definition) is 2. The number of nitrogens with one attached hydrogen (secondary N) is 1. The lowest BCUT2D eigenvalue weighted by atomic mass is 10.1. The third-order valence-electron chi connectivity index (χ3n) is 2.10. The number of carbonyl (C=O) groups is 1. The van der Waals surface area contributed by atoms with Gasteiger partial charge in [0.05, 0.1) is 0 Å². The Balaban J connectivity index is 2.48. The maximum atomic E-state index is 11.4. The van der Waals surface area contributed by atoms with E-state index in [9.17, 15) is 4.79 Å². The second kappa shape index (κ2) is 5.73. The number of rotatable bonds is 4. The molecule has 0 saturated heterocycles. The van der Waals surface area contributed by atoms with Crippen molar-refractivity contribution in [1.82, 2.24) is 0 Å². The summed E-state index contributed by atoms with van der Waals surface area (Å²) in [6.07, 6.45) is 1.15. The van der Waals surface area contributed by atoms with Gasteiger partial charge in [-0.25, -0.2) is 0 Å². The summed E-state index contributed by atoms with van der Waals surface area (Å²) >= 11 is 5.72. The molecule has 0 aromatic heterocycles. The maximum absolute atomic E-state index is 11.4. The molecule has 3 nitrogen and oxygen atoms in total. The van der Waals surface area contributed by atoms with Gasteiger partial charge in [-0.15, -0.1) is 0 Å². The molecule has 0 aliphatic rings. The number of hydrogen-bond acceptors (Lipinski definition) is 2. The van der Waals surface area contributed by atoms with Gasteiger partial charge in [0.25, 0.3) is 0 Å². The molecule has 1 aromatic carbocycles. The fourth-order valence-electron chi connectivity index (χ4n) is 1.13. The molecule has 0 spiro atoms. The number of nitrogens with two attached hydrogens (primary N) is 1. The number of halogens is 1. The molecule has 3 N–H and O–H groups in total. The quantitative estimate of drug-likeness (QED) is 0.829. The van der Waals surface area contributed by atoms with Crippen LogP contribution in [0.2, 0.25) is 5.02 Å². The first-order chi connectivity index (χ1) is 7.11. The van der Waals surface area contributed by atoms with Crippen molar-refractivity contribution in [2.75, 3.05) is 5.32 Å². The van der Waals surface area contributed by atoms with E-state index in [1.54, 1.807) is 24.3 Å². The molecule has 0 radical (unpaired) electrons. The van der Waals surface area contributed by atoms with Gasteiger partial charge in [0.1, 0.15) is 0 Å². The van der Waals surface area contributed by atoms with Crippen LogP contribution >= 0.6 is 11.6 Å². The lowest BCUT2D eigenvalue weighted by Crippen LogP contribution is -2.26. The maximum Gasteiger partial charge on any atom is 0.225 e. The van der Waals surface area contributed by atoms with Gasteiger partial charge in [0.2, 0.25) is 5.91 Å². The normalized spacial score (nSPS) is 12.2. The molecule has 1 atom stereocenters. The van der Waals surface area contributed by atoms with E-state index in [-0.39, 0.29) is 11.9 Å². The first-order valence-corrected chi connectivity index (χ1v) is 5.30. The Kier molecular flexibility index (Phi) is 4.59. The highest BCUT2D eigenvalue weighted by Gasteiger charge is 2.07. The Morgan fingerprint density at radius 2 is 2.07 bits per heavy atom. The summed E-state index contributed by atoms with van der Waals surface area (Å²) in [5, 5.41) is 3.41. The van der Waals surface area contributed by atoms with Gasteiger partial charge >= 0.3 is 0 Å². The predicted octanol–water partition coefficient (Wildman–Crippen LogP) is 2.41. The molecule has 0 aliphatic heterocycles. The van der Waals surface area contributed by atoms with E-state index in [4.69, 9.17) is 17.3 Å². The minimum atomic E-state index is -0.0719. The molecular formula is C11H15ClN2O. The first kappa shape index (κ1) is 12.0. The Labute approximate surface area is 94.6 Å². The zero-order valence-electron chi connectivity index (χ0n) is 8.66. The Bertz CT molecular complexity index is 324. The lowest BCUT2D eigenvalue weighted by molar-refractivity contribution is -0.116. The monoisotopic (exact) mass is 226 g/mol. The van der Waals surface area contributed by atoms with Crippen molar-refractivity contribution < 1.29 is 4.79 Å². The molecule has 1 amide bonds. The fraction of sp³-hybridized carbons (Fsp3) is 0.364. The minimum absolute atomic E-state index is 0.0633. The third kappa shape index (κ3) is 4.32. The summed E-state index contributed by atoms with van der Waals surface area (Å²) in [6, 6.07) is 6.92. The van der Waals surface area contributed by atoms with Crippen molar-refractivity contribution in [2.24, 2.45) is 5.73 Å². The summed E-state index contributed by atoms with van der Waals surface area (Å²) in [5.41, 5.74) is 6.41. The molecule has 15 heavy (non-hydrogen) atoms. The van der Waals surface area contributed by atoms with E-state index < -0.39 is 0 Å². The van der Waals surface area contributed by atoms with Crippen LogP contribution in [0.15, 0.2) is 24.3 Å². The third-order valence-corrected chi connectivity index (χ3v) is 2.35. The molecule has 1 aromatic rings. The summed E-state index contributed by atoms with van der Waals surface area (Å²) in [7, 11) is 0. The smallest absolute Gasteiger partial charge is 0.225 e. The number of carbonyl (C=O) groups excluding carboxylic acids is 1. The fourth-order valence-corrected chi connectivity index (χ4v) is 1.25. The van der Waals surface area contributed by atoms with Crippen LogP contribution in [0.1, 0.15) is 19.8 Å². The van der Waals surface area contributed by atoms with Crippen molar-refractivity contribution in [2.45, 2.75) is 25.8 Å². The average Bonchev–Trinajstić information content (AvgIpc) is 2.21. The summed E-state index contributed by atoms with van der Waals surface area (Å²) in [6.45, 7) is 1.96. The van der Waals surface area contributed by atoms with Crippen molar-refractivity contribution in [3.8, 4) is 0 Å². The van der Waals surface area contributed by atoms with Crippen LogP contribution in [0.4, 0.5) is 5.69 Å². The summed E-state index contributed by atoms with van der Waals surface area (Å²) in [5.74, 6) is -0.0633. The van der Waals surface area contributed by atoms with E-state index in [1.807, 2.05) is 6.92 Å². The van der Waals surface area contributed by atoms with Crippen LogP contribution in [0.5, 0.6) is 0 Å². The summed E-state index contributed by atoms with van der Waals surface area (Å²) < 4.78 is 0. The van der Waals surface area contributed by atoms with E-state index in [0.29, 0.717) is 11.4 Å². The van der Waals surface area contributed by atoms with Gasteiger partial charge in [0, 0.05) is 23.2 Å². The highest BCUT2D eigenvalue weighted by atomic mass is 35.5. The van der Waals surface area contributed by atoms with Gasteiger partial charge in [-0.05, 0) is 30.7 Å².